The van der Waals surface area contributed by atoms with E-state index in [0.717, 1.165) is 17.9 Å². The van der Waals surface area contributed by atoms with Crippen LogP contribution in [0, 0.1) is 0 Å². The zero-order chi connectivity index (χ0) is 15.2. The van der Waals surface area contributed by atoms with E-state index in [9.17, 15) is 5.11 Å². The molecular weight excluding hydrogens is 290 g/mol. The molecule has 0 aromatic heterocycles. The van der Waals surface area contributed by atoms with Crippen LogP contribution in [0.4, 0.5) is 0 Å². The first kappa shape index (κ1) is 16.6. The van der Waals surface area contributed by atoms with Gasteiger partial charge in [0.1, 0.15) is 18.5 Å². The lowest BCUT2D eigenvalue weighted by atomic mass is 10.2. The first-order chi connectivity index (χ1) is 10.0. The predicted octanol–water partition coefficient (Wildman–Crippen LogP) is 2.76. The molecule has 1 aromatic carbocycles. The maximum atomic E-state index is 9.84. The summed E-state index contributed by atoms with van der Waals surface area (Å²) in [6.45, 7) is 5.10. The molecule has 0 bridgehead atoms. The first-order valence-corrected chi connectivity index (χ1v) is 7.86. The molecule has 2 N–H and O–H groups in total. The van der Waals surface area contributed by atoms with E-state index in [1.165, 1.54) is 12.8 Å². The van der Waals surface area contributed by atoms with Crippen LogP contribution in [0.2, 0.25) is 5.02 Å². The van der Waals surface area contributed by atoms with Crippen LogP contribution < -0.4 is 10.1 Å². The number of hydrogen-bond acceptors (Lipinski definition) is 4. The molecule has 1 fully saturated rings. The molecular formula is C16H24ClNO3. The van der Waals surface area contributed by atoms with Gasteiger partial charge in [-0.15, -0.1) is 0 Å². The number of ether oxygens (including phenoxy) is 2. The Hall–Kier alpha value is -0.810. The maximum absolute atomic E-state index is 9.84. The van der Waals surface area contributed by atoms with Gasteiger partial charge >= 0.3 is 0 Å². The van der Waals surface area contributed by atoms with Gasteiger partial charge in [-0.3, -0.25) is 0 Å². The van der Waals surface area contributed by atoms with Gasteiger partial charge in [-0.25, -0.2) is 0 Å². The minimum absolute atomic E-state index is 0.105. The summed E-state index contributed by atoms with van der Waals surface area (Å²) >= 11 is 6.04. The van der Waals surface area contributed by atoms with E-state index >= 15 is 0 Å². The second-order valence-corrected chi connectivity index (χ2v) is 6.19. The number of aliphatic hydroxyl groups excluding tert-OH is 1. The van der Waals surface area contributed by atoms with Gasteiger partial charge in [0, 0.05) is 23.2 Å². The molecule has 0 radical (unpaired) electrons. The normalized spacial score (nSPS) is 16.2. The molecule has 118 valence electrons. The monoisotopic (exact) mass is 313 g/mol. The number of nitrogens with one attached hydrogen (secondary N) is 1. The first-order valence-electron chi connectivity index (χ1n) is 7.49. The fraction of sp³-hybridized carbons (Fsp3) is 0.625. The number of halogens is 1. The van der Waals surface area contributed by atoms with Crippen molar-refractivity contribution in [3.05, 3.63) is 28.8 Å². The van der Waals surface area contributed by atoms with Gasteiger partial charge in [-0.2, -0.15) is 0 Å². The summed E-state index contributed by atoms with van der Waals surface area (Å²) in [7, 11) is 0. The highest BCUT2D eigenvalue weighted by Crippen LogP contribution is 2.25. The highest BCUT2D eigenvalue weighted by Gasteiger charge is 2.20. The Morgan fingerprint density at radius 3 is 2.76 bits per heavy atom. The standard InChI is InChI=1S/C16H24ClNO3/c1-11(2)20-9-15(19)10-21-16-6-3-13(17)7-12(16)8-18-14-4-5-14/h3,6-7,11,14-15,18-19H,4-5,8-10H2,1-2H3. The Labute approximate surface area is 131 Å². The van der Waals surface area contributed by atoms with Gasteiger partial charge in [-0.05, 0) is 44.9 Å². The van der Waals surface area contributed by atoms with E-state index < -0.39 is 6.10 Å². The Morgan fingerprint density at radius 2 is 2.10 bits per heavy atom. The van der Waals surface area contributed by atoms with Crippen LogP contribution in [-0.2, 0) is 11.3 Å². The van der Waals surface area contributed by atoms with Crippen molar-refractivity contribution >= 4 is 11.6 Å². The number of hydrogen-bond donors (Lipinski definition) is 2. The molecule has 0 aliphatic heterocycles. The molecule has 1 aliphatic carbocycles. The summed E-state index contributed by atoms with van der Waals surface area (Å²) in [6, 6.07) is 6.18. The Bertz CT molecular complexity index is 449. The molecule has 2 rings (SSSR count). The van der Waals surface area contributed by atoms with Crippen LogP contribution in [0.15, 0.2) is 18.2 Å². The molecule has 0 heterocycles. The largest absolute Gasteiger partial charge is 0.490 e. The van der Waals surface area contributed by atoms with Gasteiger partial charge < -0.3 is 19.9 Å². The Balaban J connectivity index is 1.85. The Morgan fingerprint density at radius 1 is 1.33 bits per heavy atom. The zero-order valence-electron chi connectivity index (χ0n) is 12.6. The second-order valence-electron chi connectivity index (χ2n) is 5.75. The molecule has 1 aliphatic rings. The fourth-order valence-electron chi connectivity index (χ4n) is 1.91. The van der Waals surface area contributed by atoms with Crippen LogP contribution in [0.1, 0.15) is 32.3 Å². The van der Waals surface area contributed by atoms with E-state index in [0.29, 0.717) is 11.1 Å². The van der Waals surface area contributed by atoms with Gasteiger partial charge in [0.05, 0.1) is 12.7 Å². The quantitative estimate of drug-likeness (QED) is 0.736. The molecule has 21 heavy (non-hydrogen) atoms. The third-order valence-electron chi connectivity index (χ3n) is 3.23. The van der Waals surface area contributed by atoms with Gasteiger partial charge in [0.2, 0.25) is 0 Å². The lowest BCUT2D eigenvalue weighted by molar-refractivity contribution is -0.0124. The van der Waals surface area contributed by atoms with Crippen LogP contribution >= 0.6 is 11.6 Å². The van der Waals surface area contributed by atoms with E-state index in [1.54, 1.807) is 6.07 Å². The summed E-state index contributed by atoms with van der Waals surface area (Å²) in [5, 5.41) is 14.0. The van der Waals surface area contributed by atoms with Crippen molar-refractivity contribution in [3.8, 4) is 5.75 Å². The predicted molar refractivity (Wildman–Crippen MR) is 83.9 cm³/mol. The maximum Gasteiger partial charge on any atom is 0.124 e. The second kappa shape index (κ2) is 7.99. The highest BCUT2D eigenvalue weighted by molar-refractivity contribution is 6.30. The van der Waals surface area contributed by atoms with Crippen molar-refractivity contribution in [2.75, 3.05) is 13.2 Å². The molecule has 1 saturated carbocycles. The average Bonchev–Trinajstić information content (AvgIpc) is 3.26. The van der Waals surface area contributed by atoms with E-state index in [1.807, 2.05) is 26.0 Å². The van der Waals surface area contributed by atoms with Crippen molar-refractivity contribution < 1.29 is 14.6 Å². The third kappa shape index (κ3) is 6.22. The summed E-state index contributed by atoms with van der Waals surface area (Å²) in [5.74, 6) is 0.760. The van der Waals surface area contributed by atoms with E-state index in [2.05, 4.69) is 5.32 Å². The van der Waals surface area contributed by atoms with Crippen LogP contribution in [0.3, 0.4) is 0 Å². The highest BCUT2D eigenvalue weighted by atomic mass is 35.5. The van der Waals surface area contributed by atoms with Crippen molar-refractivity contribution in [3.63, 3.8) is 0 Å². The molecule has 5 heteroatoms. The van der Waals surface area contributed by atoms with Crippen LogP contribution in [0.25, 0.3) is 0 Å². The number of aliphatic hydroxyl groups is 1. The summed E-state index contributed by atoms with van der Waals surface area (Å²) in [6.07, 6.45) is 1.95. The van der Waals surface area contributed by atoms with E-state index in [4.69, 9.17) is 21.1 Å². The summed E-state index contributed by atoms with van der Waals surface area (Å²) < 4.78 is 11.1. The third-order valence-corrected chi connectivity index (χ3v) is 3.47. The van der Waals surface area contributed by atoms with Gasteiger partial charge in [0.25, 0.3) is 0 Å². The average molecular weight is 314 g/mol. The minimum atomic E-state index is -0.632. The lowest BCUT2D eigenvalue weighted by Gasteiger charge is -2.17. The number of benzene rings is 1. The molecule has 4 nitrogen and oxygen atoms in total. The SMILES string of the molecule is CC(C)OCC(O)COc1ccc(Cl)cc1CNC1CC1. The Kier molecular flexibility index (Phi) is 6.30. The van der Waals surface area contributed by atoms with Gasteiger partial charge in [0.15, 0.2) is 0 Å². The fourth-order valence-corrected chi connectivity index (χ4v) is 2.10. The molecule has 1 atom stereocenters. The molecule has 0 spiro atoms. The molecule has 0 saturated heterocycles. The van der Waals surface area contributed by atoms with Crippen molar-refractivity contribution in [2.45, 2.75) is 51.5 Å². The molecule has 0 amide bonds. The van der Waals surface area contributed by atoms with Crippen LogP contribution in [0.5, 0.6) is 5.75 Å². The van der Waals surface area contributed by atoms with Crippen molar-refractivity contribution in [2.24, 2.45) is 0 Å². The van der Waals surface area contributed by atoms with Crippen molar-refractivity contribution in [1.82, 2.24) is 5.32 Å². The zero-order valence-corrected chi connectivity index (χ0v) is 13.4. The van der Waals surface area contributed by atoms with Crippen LogP contribution in [-0.4, -0.2) is 36.6 Å². The van der Waals surface area contributed by atoms with Gasteiger partial charge in [-0.1, -0.05) is 11.6 Å². The van der Waals surface area contributed by atoms with E-state index in [-0.39, 0.29) is 19.3 Å². The molecule has 1 aromatic rings. The smallest absolute Gasteiger partial charge is 0.124 e. The van der Waals surface area contributed by atoms with Crippen molar-refractivity contribution in [1.29, 1.82) is 0 Å². The topological polar surface area (TPSA) is 50.7 Å². The summed E-state index contributed by atoms with van der Waals surface area (Å²) in [4.78, 5) is 0. The lowest BCUT2D eigenvalue weighted by Crippen LogP contribution is -2.25. The molecule has 1 unspecified atom stereocenters. The number of rotatable bonds is 9. The summed E-state index contributed by atoms with van der Waals surface area (Å²) in [5.41, 5.74) is 1.02. The minimum Gasteiger partial charge on any atom is -0.490 e.